The first-order valence-electron chi connectivity index (χ1n) is 21.2. The molecule has 0 saturated carbocycles. The van der Waals surface area contributed by atoms with Crippen LogP contribution in [0, 0.1) is 22.7 Å². The van der Waals surface area contributed by atoms with Gasteiger partial charge in [0.1, 0.15) is 64.6 Å². The van der Waals surface area contributed by atoms with Crippen molar-refractivity contribution in [1.29, 1.82) is 10.5 Å². The molecule has 15 nitrogen and oxygen atoms in total. The molecule has 0 atom stereocenters. The van der Waals surface area contributed by atoms with Crippen molar-refractivity contribution in [2.24, 2.45) is 0 Å². The molecule has 65 heavy (non-hydrogen) atoms. The maximum atomic E-state index is 11.3. The lowest BCUT2D eigenvalue weighted by molar-refractivity contribution is 0.0252. The van der Waals surface area contributed by atoms with Gasteiger partial charge in [0.15, 0.2) is 0 Å². The molecule has 0 radical (unpaired) electrons. The Kier molecular flexibility index (Phi) is 15.6. The summed E-state index contributed by atoms with van der Waals surface area (Å²) in [6.07, 6.45) is 7.69. The summed E-state index contributed by atoms with van der Waals surface area (Å²) >= 11 is 0. The smallest absolute Gasteiger partial charge is 0.339 e. The lowest BCUT2D eigenvalue weighted by atomic mass is 10.1. The molecule has 2 N–H and O–H groups in total. The van der Waals surface area contributed by atoms with E-state index in [0.29, 0.717) is 85.0 Å². The molecule has 0 unspecified atom stereocenters. The molecule has 2 fully saturated rings. The van der Waals surface area contributed by atoms with E-state index < -0.39 is 5.97 Å². The van der Waals surface area contributed by atoms with Gasteiger partial charge in [-0.3, -0.25) is 0 Å². The van der Waals surface area contributed by atoms with Gasteiger partial charge in [0.05, 0.1) is 69.8 Å². The first-order chi connectivity index (χ1) is 31.8. The van der Waals surface area contributed by atoms with Crippen LogP contribution in [-0.2, 0) is 28.9 Å². The number of aliphatic hydroxyl groups is 1. The number of aromatic carboxylic acids is 1. The summed E-state index contributed by atoms with van der Waals surface area (Å²) in [6, 6.07) is 29.7. The van der Waals surface area contributed by atoms with Crippen molar-refractivity contribution in [3.8, 4) is 57.7 Å². The highest BCUT2D eigenvalue weighted by Gasteiger charge is 2.20. The number of carboxylic acid groups (broad SMARTS) is 1. The van der Waals surface area contributed by atoms with Crippen molar-refractivity contribution in [2.45, 2.75) is 57.3 Å². The normalized spacial score (nSPS) is 13.9. The Morgan fingerprint density at radius 3 is 1.57 bits per heavy atom. The zero-order chi connectivity index (χ0) is 45.5. The highest BCUT2D eigenvalue weighted by Crippen LogP contribution is 2.30. The predicted octanol–water partition coefficient (Wildman–Crippen LogP) is 7.54. The molecule has 0 spiro atoms. The molecule has 2 saturated heterocycles. The number of rotatable bonds is 14. The van der Waals surface area contributed by atoms with Crippen LogP contribution in [-0.4, -0.2) is 89.0 Å². The number of carbonyl (C=O) groups is 1. The van der Waals surface area contributed by atoms with Crippen LogP contribution in [0.3, 0.4) is 0 Å². The Balaban J connectivity index is 0.000000194. The van der Waals surface area contributed by atoms with Crippen molar-refractivity contribution in [1.82, 2.24) is 19.9 Å². The van der Waals surface area contributed by atoms with Gasteiger partial charge in [-0.1, -0.05) is 18.2 Å². The number of carboxylic acids is 1. The summed E-state index contributed by atoms with van der Waals surface area (Å²) in [5.41, 5.74) is 6.62. The van der Waals surface area contributed by atoms with Gasteiger partial charge in [-0.2, -0.15) is 10.5 Å². The monoisotopic (exact) mass is 876 g/mol. The molecular weight excluding hydrogens is 829 g/mol. The summed E-state index contributed by atoms with van der Waals surface area (Å²) < 4.78 is 33.4. The number of hydrogen-bond acceptors (Lipinski definition) is 14. The predicted molar refractivity (Wildman–Crippen MR) is 238 cm³/mol. The maximum Gasteiger partial charge on any atom is 0.339 e. The largest absolute Gasteiger partial charge is 0.496 e. The fourth-order valence-electron chi connectivity index (χ4n) is 7.41. The van der Waals surface area contributed by atoms with Crippen LogP contribution in [0.15, 0.2) is 97.3 Å². The highest BCUT2D eigenvalue weighted by atomic mass is 16.5. The second-order valence-electron chi connectivity index (χ2n) is 15.2. The minimum atomic E-state index is -1.05. The van der Waals surface area contributed by atoms with Crippen LogP contribution in [0.4, 0.5) is 0 Å². The molecule has 4 aromatic carbocycles. The van der Waals surface area contributed by atoms with Gasteiger partial charge in [-0.05, 0) is 77.9 Å². The summed E-state index contributed by atoms with van der Waals surface area (Å²) in [6.45, 7) is 2.62. The fourth-order valence-corrected chi connectivity index (χ4v) is 7.41. The van der Waals surface area contributed by atoms with Crippen molar-refractivity contribution in [3.05, 3.63) is 142 Å². The van der Waals surface area contributed by atoms with E-state index in [4.69, 9.17) is 28.4 Å². The minimum Gasteiger partial charge on any atom is -0.496 e. The lowest BCUT2D eigenvalue weighted by Crippen LogP contribution is -2.26. The Morgan fingerprint density at radius 1 is 0.646 bits per heavy atom. The van der Waals surface area contributed by atoms with E-state index in [-0.39, 0.29) is 30.1 Å². The number of ether oxygens (including phenoxy) is 6. The number of methoxy groups -OCH3 is 2. The van der Waals surface area contributed by atoms with E-state index in [2.05, 4.69) is 32.1 Å². The van der Waals surface area contributed by atoms with E-state index in [0.717, 1.165) is 59.2 Å². The first-order valence-corrected chi connectivity index (χ1v) is 21.2. The molecule has 8 rings (SSSR count). The summed E-state index contributed by atoms with van der Waals surface area (Å²) in [7, 11) is 3.02. The zero-order valence-electron chi connectivity index (χ0n) is 36.1. The number of nitrogens with zero attached hydrogens (tertiary/aromatic N) is 6. The zero-order valence-corrected chi connectivity index (χ0v) is 36.1. The van der Waals surface area contributed by atoms with E-state index >= 15 is 0 Å². The Morgan fingerprint density at radius 2 is 1.12 bits per heavy atom. The molecule has 2 aromatic heterocycles. The average molecular weight is 877 g/mol. The molecule has 2 aliphatic heterocycles. The van der Waals surface area contributed by atoms with Crippen LogP contribution in [0.25, 0.3) is 22.5 Å². The van der Waals surface area contributed by atoms with E-state index in [9.17, 15) is 25.5 Å². The molecule has 0 bridgehead atoms. The minimum absolute atomic E-state index is 0.0480. The molecule has 15 heteroatoms. The SMILES string of the molecule is COc1cc(Cc2nccc(-c3ccc(OC4CCOCC4)c(C#N)c3)n2)ccc1C(=O)O.COc1cc(Cc2nccc(-c3ccc(OC4CCOCC4)c(C#N)c3)n2)ccc1CO. The quantitative estimate of drug-likeness (QED) is 0.108. The van der Waals surface area contributed by atoms with Crippen LogP contribution < -0.4 is 18.9 Å². The van der Waals surface area contributed by atoms with Gasteiger partial charge in [0.2, 0.25) is 0 Å². The summed E-state index contributed by atoms with van der Waals surface area (Å²) in [5, 5.41) is 37.9. The van der Waals surface area contributed by atoms with Crippen molar-refractivity contribution in [2.75, 3.05) is 40.6 Å². The molecule has 4 heterocycles. The molecule has 332 valence electrons. The topological polar surface area (TPSA) is 212 Å². The molecule has 2 aliphatic rings. The second-order valence-corrected chi connectivity index (χ2v) is 15.2. The van der Waals surface area contributed by atoms with E-state index in [1.54, 1.807) is 55.9 Å². The summed E-state index contributed by atoms with van der Waals surface area (Å²) in [5.74, 6) is 2.26. The Labute approximate surface area is 376 Å². The lowest BCUT2D eigenvalue weighted by Gasteiger charge is -2.23. The van der Waals surface area contributed by atoms with E-state index in [1.807, 2.05) is 42.5 Å². The maximum absolute atomic E-state index is 11.3. The van der Waals surface area contributed by atoms with Crippen LogP contribution in [0.5, 0.6) is 23.0 Å². The van der Waals surface area contributed by atoms with Crippen LogP contribution in [0.1, 0.15) is 75.5 Å². The number of nitriles is 2. The van der Waals surface area contributed by atoms with Crippen molar-refractivity contribution < 1.29 is 43.4 Å². The third-order valence-corrected chi connectivity index (χ3v) is 10.9. The van der Waals surface area contributed by atoms with Crippen molar-refractivity contribution >= 4 is 5.97 Å². The van der Waals surface area contributed by atoms with Gasteiger partial charge in [0.25, 0.3) is 0 Å². The first kappa shape index (κ1) is 45.6. The average Bonchev–Trinajstić information content (AvgIpc) is 3.35. The highest BCUT2D eigenvalue weighted by molar-refractivity contribution is 5.91. The van der Waals surface area contributed by atoms with Gasteiger partial charge < -0.3 is 38.6 Å². The number of hydrogen-bond donors (Lipinski definition) is 2. The fraction of sp³-hybridized carbons (Fsp3) is 0.300. The Hall–Kier alpha value is -7.43. The second kappa shape index (κ2) is 22.3. The van der Waals surface area contributed by atoms with Gasteiger partial charge in [0, 0.05) is 67.6 Å². The van der Waals surface area contributed by atoms with Gasteiger partial charge in [-0.15, -0.1) is 0 Å². The van der Waals surface area contributed by atoms with Gasteiger partial charge in [-0.25, -0.2) is 24.7 Å². The van der Waals surface area contributed by atoms with Crippen molar-refractivity contribution in [3.63, 3.8) is 0 Å². The molecule has 0 amide bonds. The van der Waals surface area contributed by atoms with E-state index in [1.165, 1.54) is 13.2 Å². The molecular formula is C50H48N6O9. The van der Waals surface area contributed by atoms with Crippen LogP contribution >= 0.6 is 0 Å². The Bertz CT molecular complexity index is 2690. The third kappa shape index (κ3) is 12.0. The van der Waals surface area contributed by atoms with Crippen LogP contribution in [0.2, 0.25) is 0 Å². The van der Waals surface area contributed by atoms with Gasteiger partial charge >= 0.3 is 5.97 Å². The molecule has 6 aromatic rings. The standard InChI is InChI=1S/C25H23N3O5.C25H25N3O4/c1-31-23-12-16(2-4-20(23)25(29)30)13-24-27-9-6-21(28-24)17-3-5-22(18(14-17)15-26)33-19-7-10-32-11-8-19;1-30-24-12-17(2-3-19(24)16-29)13-25-27-9-6-22(28-25)18-4-5-23(20(14-18)15-26)32-21-7-10-31-11-8-21/h2-6,9,12,14,19H,7-8,10-11,13H2,1H3,(H,29,30);2-6,9,12,14,21,29H,7-8,10-11,13,16H2,1H3. The number of aliphatic hydroxyl groups excluding tert-OH is 1. The molecule has 0 aliphatic carbocycles. The summed E-state index contributed by atoms with van der Waals surface area (Å²) in [4.78, 5) is 29.4. The number of aromatic nitrogens is 4. The third-order valence-electron chi connectivity index (χ3n) is 10.9. The number of benzene rings is 4.